The molecule has 2 aromatic carbocycles. The molecule has 0 bridgehead atoms. The van der Waals surface area contributed by atoms with Gasteiger partial charge in [-0.2, -0.15) is 13.2 Å². The molecule has 25 heavy (non-hydrogen) atoms. The highest BCUT2D eigenvalue weighted by Gasteiger charge is 2.31. The first-order chi connectivity index (χ1) is 11.7. The fourth-order valence-corrected chi connectivity index (χ4v) is 2.41. The summed E-state index contributed by atoms with van der Waals surface area (Å²) in [4.78, 5) is 10.5. The molecule has 1 unspecified atom stereocenters. The van der Waals surface area contributed by atoms with Crippen molar-refractivity contribution in [3.63, 3.8) is 0 Å². The molecular formula is C16H13ClF3NO4. The minimum Gasteiger partial charge on any atom is -0.489 e. The van der Waals surface area contributed by atoms with Crippen LogP contribution >= 0.6 is 11.6 Å². The quantitative estimate of drug-likeness (QED) is 0.524. The number of hydrogen-bond acceptors (Lipinski definition) is 4. The zero-order valence-corrected chi connectivity index (χ0v) is 13.7. The van der Waals surface area contributed by atoms with Gasteiger partial charge in [0.05, 0.1) is 21.1 Å². The van der Waals surface area contributed by atoms with Crippen LogP contribution in [-0.4, -0.2) is 18.6 Å². The fraction of sp³-hybridized carbons (Fsp3) is 0.250. The zero-order valence-electron chi connectivity index (χ0n) is 12.9. The number of ether oxygens (including phenoxy) is 2. The summed E-state index contributed by atoms with van der Waals surface area (Å²) in [6, 6.07) is 8.66. The van der Waals surface area contributed by atoms with Gasteiger partial charge in [-0.3, -0.25) is 10.1 Å². The van der Waals surface area contributed by atoms with Crippen molar-refractivity contribution >= 4 is 17.3 Å². The summed E-state index contributed by atoms with van der Waals surface area (Å²) in [7, 11) is 1.35. The largest absolute Gasteiger partial charge is 0.489 e. The molecule has 9 heteroatoms. The number of rotatable bonds is 6. The number of nitrogens with zero attached hydrogens (tertiary/aromatic N) is 1. The van der Waals surface area contributed by atoms with Crippen molar-refractivity contribution < 1.29 is 27.6 Å². The predicted octanol–water partition coefficient (Wildman–Crippen LogP) is 5.03. The highest BCUT2D eigenvalue weighted by Crippen LogP contribution is 2.35. The molecule has 0 aliphatic heterocycles. The van der Waals surface area contributed by atoms with E-state index in [1.54, 1.807) is 6.07 Å². The maximum absolute atomic E-state index is 12.6. The molecule has 0 saturated carbocycles. The Labute approximate surface area is 146 Å². The third-order valence-electron chi connectivity index (χ3n) is 3.41. The molecule has 134 valence electrons. The lowest BCUT2D eigenvalue weighted by molar-refractivity contribution is -0.386. The number of alkyl halides is 3. The van der Waals surface area contributed by atoms with Gasteiger partial charge < -0.3 is 9.47 Å². The Balaban J connectivity index is 2.18. The van der Waals surface area contributed by atoms with E-state index in [1.165, 1.54) is 25.3 Å². The van der Waals surface area contributed by atoms with Crippen molar-refractivity contribution in [1.82, 2.24) is 0 Å². The molecule has 0 aliphatic carbocycles. The molecule has 0 heterocycles. The number of halogens is 4. The predicted molar refractivity (Wildman–Crippen MR) is 84.8 cm³/mol. The molecule has 5 nitrogen and oxygen atoms in total. The monoisotopic (exact) mass is 375 g/mol. The van der Waals surface area contributed by atoms with Crippen molar-refractivity contribution in [2.75, 3.05) is 13.7 Å². The Hall–Kier alpha value is -2.32. The third-order valence-corrected chi connectivity index (χ3v) is 3.71. The average Bonchev–Trinajstić information content (AvgIpc) is 2.56. The van der Waals surface area contributed by atoms with E-state index < -0.39 is 22.8 Å². The van der Waals surface area contributed by atoms with Crippen LogP contribution in [0.3, 0.4) is 0 Å². The van der Waals surface area contributed by atoms with Crippen molar-refractivity contribution in [3.8, 4) is 5.75 Å². The van der Waals surface area contributed by atoms with Gasteiger partial charge in [0.1, 0.15) is 18.5 Å². The lowest BCUT2D eigenvalue weighted by Crippen LogP contribution is -2.14. The van der Waals surface area contributed by atoms with Crippen LogP contribution in [0.2, 0.25) is 5.02 Å². The van der Waals surface area contributed by atoms with Gasteiger partial charge in [-0.1, -0.05) is 23.7 Å². The summed E-state index contributed by atoms with van der Waals surface area (Å²) in [6.45, 7) is -0.160. The summed E-state index contributed by atoms with van der Waals surface area (Å²) in [5.74, 6) is 0.0234. The van der Waals surface area contributed by atoms with E-state index in [-0.39, 0.29) is 28.6 Å². The highest BCUT2D eigenvalue weighted by atomic mass is 35.5. The summed E-state index contributed by atoms with van der Waals surface area (Å²) < 4.78 is 48.5. The molecule has 0 saturated heterocycles. The van der Waals surface area contributed by atoms with E-state index in [9.17, 15) is 23.3 Å². The molecule has 2 aromatic rings. The molecule has 0 aromatic heterocycles. The SMILES string of the molecule is COC(COc1ccc(C(F)(F)F)cc1Cl)c1ccccc1[N+](=O)[O-]. The first-order valence-electron chi connectivity index (χ1n) is 6.99. The van der Waals surface area contributed by atoms with Gasteiger partial charge in [0.2, 0.25) is 0 Å². The molecule has 0 amide bonds. The van der Waals surface area contributed by atoms with E-state index in [0.29, 0.717) is 0 Å². The molecule has 2 rings (SSSR count). The minimum absolute atomic E-state index is 0.0234. The van der Waals surface area contributed by atoms with Crippen LogP contribution in [0.1, 0.15) is 17.2 Å². The third kappa shape index (κ3) is 4.61. The van der Waals surface area contributed by atoms with Crippen LogP contribution in [0.25, 0.3) is 0 Å². The first kappa shape index (κ1) is 19.0. The van der Waals surface area contributed by atoms with Crippen LogP contribution in [0.5, 0.6) is 5.75 Å². The molecule has 0 spiro atoms. The van der Waals surface area contributed by atoms with Crippen LogP contribution < -0.4 is 4.74 Å². The Bertz CT molecular complexity index is 767. The molecule has 0 aliphatic rings. The number of benzene rings is 2. The molecule has 1 atom stereocenters. The van der Waals surface area contributed by atoms with Crippen molar-refractivity contribution in [2.24, 2.45) is 0 Å². The lowest BCUT2D eigenvalue weighted by atomic mass is 10.1. The van der Waals surface area contributed by atoms with Crippen molar-refractivity contribution in [2.45, 2.75) is 12.3 Å². The number of para-hydroxylation sites is 1. The Morgan fingerprint density at radius 1 is 1.24 bits per heavy atom. The van der Waals surface area contributed by atoms with Crippen LogP contribution in [0.4, 0.5) is 18.9 Å². The minimum atomic E-state index is -4.51. The Morgan fingerprint density at radius 2 is 1.92 bits per heavy atom. The van der Waals surface area contributed by atoms with E-state index in [2.05, 4.69) is 0 Å². The average molecular weight is 376 g/mol. The zero-order chi connectivity index (χ0) is 18.6. The number of methoxy groups -OCH3 is 1. The van der Waals surface area contributed by atoms with Gasteiger partial charge in [0.15, 0.2) is 0 Å². The van der Waals surface area contributed by atoms with Crippen LogP contribution in [-0.2, 0) is 10.9 Å². The molecule has 0 N–H and O–H groups in total. The fourth-order valence-electron chi connectivity index (χ4n) is 2.17. The maximum atomic E-state index is 12.6. The lowest BCUT2D eigenvalue weighted by Gasteiger charge is -2.17. The highest BCUT2D eigenvalue weighted by molar-refractivity contribution is 6.32. The van der Waals surface area contributed by atoms with Gasteiger partial charge >= 0.3 is 6.18 Å². The standard InChI is InChI=1S/C16H13ClF3NO4/c1-24-15(11-4-2-3-5-13(11)21(22)23)9-25-14-7-6-10(8-12(14)17)16(18,19)20/h2-8,15H,9H2,1H3. The van der Waals surface area contributed by atoms with Crippen molar-refractivity contribution in [3.05, 3.63) is 68.7 Å². The topological polar surface area (TPSA) is 61.6 Å². The van der Waals surface area contributed by atoms with Crippen LogP contribution in [0.15, 0.2) is 42.5 Å². The second-order valence-corrected chi connectivity index (χ2v) is 5.40. The van der Waals surface area contributed by atoms with Gasteiger partial charge in [-0.05, 0) is 24.3 Å². The molecular weight excluding hydrogens is 363 g/mol. The molecule has 0 fully saturated rings. The maximum Gasteiger partial charge on any atom is 0.416 e. The number of nitro groups is 1. The van der Waals surface area contributed by atoms with Crippen LogP contribution in [0, 0.1) is 10.1 Å². The van der Waals surface area contributed by atoms with E-state index in [1.807, 2.05) is 0 Å². The summed E-state index contributed by atoms with van der Waals surface area (Å²) in [5, 5.41) is 10.9. The van der Waals surface area contributed by atoms with E-state index in [4.69, 9.17) is 21.1 Å². The Morgan fingerprint density at radius 3 is 2.48 bits per heavy atom. The van der Waals surface area contributed by atoms with E-state index >= 15 is 0 Å². The second kappa shape index (κ2) is 7.71. The second-order valence-electron chi connectivity index (χ2n) is 4.99. The van der Waals surface area contributed by atoms with Gasteiger partial charge in [-0.15, -0.1) is 0 Å². The smallest absolute Gasteiger partial charge is 0.416 e. The number of hydrogen-bond donors (Lipinski definition) is 0. The first-order valence-corrected chi connectivity index (χ1v) is 7.37. The summed E-state index contributed by atoms with van der Waals surface area (Å²) >= 11 is 5.82. The van der Waals surface area contributed by atoms with Gasteiger partial charge in [0.25, 0.3) is 5.69 Å². The summed E-state index contributed by atoms with van der Waals surface area (Å²) in [5.41, 5.74) is -0.749. The summed E-state index contributed by atoms with van der Waals surface area (Å²) in [6.07, 6.45) is -5.30. The molecule has 0 radical (unpaired) electrons. The van der Waals surface area contributed by atoms with E-state index in [0.717, 1.165) is 18.2 Å². The Kier molecular flexibility index (Phi) is 5.86. The number of nitro benzene ring substituents is 1. The normalized spacial score (nSPS) is 12.7. The van der Waals surface area contributed by atoms with Crippen molar-refractivity contribution in [1.29, 1.82) is 0 Å². The van der Waals surface area contributed by atoms with Gasteiger partial charge in [-0.25, -0.2) is 0 Å². The van der Waals surface area contributed by atoms with Gasteiger partial charge in [0, 0.05) is 13.2 Å².